The van der Waals surface area contributed by atoms with Crippen molar-refractivity contribution in [2.24, 2.45) is 0 Å². The molecule has 1 aromatic carbocycles. The van der Waals surface area contributed by atoms with Gasteiger partial charge in [-0.15, -0.1) is 0 Å². The Morgan fingerprint density at radius 3 is 2.62 bits per heavy atom. The smallest absolute Gasteiger partial charge is 0.0948 e. The minimum Gasteiger partial charge on any atom is -0.334 e. The average molecular weight is 253 g/mol. The SMILES string of the molecule is Clc1cccc(Cl)c1C=CCn1ccnc1. The van der Waals surface area contributed by atoms with Crippen LogP contribution in [-0.4, -0.2) is 9.55 Å². The lowest BCUT2D eigenvalue weighted by Crippen LogP contribution is -1.89. The molecule has 0 bridgehead atoms. The third-order valence-electron chi connectivity index (χ3n) is 2.16. The number of aromatic nitrogens is 2. The van der Waals surface area contributed by atoms with Crippen LogP contribution in [0.2, 0.25) is 10.0 Å². The van der Waals surface area contributed by atoms with Crippen LogP contribution in [0, 0.1) is 0 Å². The molecule has 2 nitrogen and oxygen atoms in total. The molecule has 0 amide bonds. The molecule has 0 spiro atoms. The van der Waals surface area contributed by atoms with Crippen LogP contribution in [0.4, 0.5) is 0 Å². The lowest BCUT2D eigenvalue weighted by molar-refractivity contribution is 0.823. The minimum atomic E-state index is 0.661. The number of rotatable bonds is 3. The first kappa shape index (κ1) is 11.2. The molecular weight excluding hydrogens is 243 g/mol. The number of nitrogens with zero attached hydrogens (tertiary/aromatic N) is 2. The number of hydrogen-bond donors (Lipinski definition) is 0. The van der Waals surface area contributed by atoms with Crippen molar-refractivity contribution in [3.05, 3.63) is 58.6 Å². The van der Waals surface area contributed by atoms with Crippen molar-refractivity contribution < 1.29 is 0 Å². The van der Waals surface area contributed by atoms with E-state index in [2.05, 4.69) is 4.98 Å². The van der Waals surface area contributed by atoms with Gasteiger partial charge in [0.05, 0.1) is 6.33 Å². The van der Waals surface area contributed by atoms with E-state index in [9.17, 15) is 0 Å². The zero-order chi connectivity index (χ0) is 11.4. The number of imidazole rings is 1. The standard InChI is InChI=1S/C12H10Cl2N2/c13-11-4-1-5-12(14)10(11)3-2-7-16-8-6-15-9-16/h1-6,8-9H,7H2. The zero-order valence-corrected chi connectivity index (χ0v) is 9.99. The second-order valence-corrected chi connectivity index (χ2v) is 4.11. The zero-order valence-electron chi connectivity index (χ0n) is 8.48. The molecule has 0 fully saturated rings. The highest BCUT2D eigenvalue weighted by molar-refractivity contribution is 6.37. The Bertz CT molecular complexity index is 469. The van der Waals surface area contributed by atoms with Crippen LogP contribution >= 0.6 is 23.2 Å². The van der Waals surface area contributed by atoms with Gasteiger partial charge < -0.3 is 4.57 Å². The van der Waals surface area contributed by atoms with Crippen LogP contribution < -0.4 is 0 Å². The van der Waals surface area contributed by atoms with Crippen molar-refractivity contribution in [3.63, 3.8) is 0 Å². The summed E-state index contributed by atoms with van der Waals surface area (Å²) in [5.74, 6) is 0. The molecule has 0 aliphatic rings. The summed E-state index contributed by atoms with van der Waals surface area (Å²) >= 11 is 12.1. The molecule has 2 rings (SSSR count). The predicted octanol–water partition coefficient (Wildman–Crippen LogP) is 3.90. The van der Waals surface area contributed by atoms with Crippen molar-refractivity contribution in [1.29, 1.82) is 0 Å². The van der Waals surface area contributed by atoms with E-state index in [0.717, 1.165) is 12.1 Å². The molecule has 0 saturated heterocycles. The normalized spacial score (nSPS) is 11.1. The summed E-state index contributed by atoms with van der Waals surface area (Å²) in [7, 11) is 0. The summed E-state index contributed by atoms with van der Waals surface area (Å²) in [6.45, 7) is 0.752. The molecule has 0 atom stereocenters. The van der Waals surface area contributed by atoms with E-state index in [0.29, 0.717) is 10.0 Å². The monoisotopic (exact) mass is 252 g/mol. The van der Waals surface area contributed by atoms with Gasteiger partial charge in [0.25, 0.3) is 0 Å². The number of halogens is 2. The molecular formula is C12H10Cl2N2. The van der Waals surface area contributed by atoms with Crippen LogP contribution in [0.5, 0.6) is 0 Å². The van der Waals surface area contributed by atoms with Gasteiger partial charge in [0.15, 0.2) is 0 Å². The number of hydrogen-bond acceptors (Lipinski definition) is 1. The Labute approximate surface area is 104 Å². The lowest BCUT2D eigenvalue weighted by Gasteiger charge is -2.01. The largest absolute Gasteiger partial charge is 0.334 e. The molecule has 0 unspecified atom stereocenters. The van der Waals surface area contributed by atoms with Crippen LogP contribution in [0.1, 0.15) is 5.56 Å². The predicted molar refractivity (Wildman–Crippen MR) is 67.7 cm³/mol. The lowest BCUT2D eigenvalue weighted by atomic mass is 10.2. The second kappa shape index (κ2) is 5.19. The van der Waals surface area contributed by atoms with E-state index < -0.39 is 0 Å². The van der Waals surface area contributed by atoms with Crippen molar-refractivity contribution in [2.45, 2.75) is 6.54 Å². The maximum absolute atomic E-state index is 6.04. The van der Waals surface area contributed by atoms with Crippen LogP contribution in [0.3, 0.4) is 0 Å². The average Bonchev–Trinajstić information content (AvgIpc) is 2.75. The Morgan fingerprint density at radius 2 is 2.00 bits per heavy atom. The number of allylic oxidation sites excluding steroid dienone is 1. The van der Waals surface area contributed by atoms with E-state index in [-0.39, 0.29) is 0 Å². The summed E-state index contributed by atoms with van der Waals surface area (Å²) in [5, 5.41) is 1.32. The van der Waals surface area contributed by atoms with Gasteiger partial charge in [0, 0.05) is 34.5 Å². The molecule has 0 saturated carbocycles. The third-order valence-corrected chi connectivity index (χ3v) is 2.82. The first-order chi connectivity index (χ1) is 7.77. The van der Waals surface area contributed by atoms with E-state index >= 15 is 0 Å². The highest BCUT2D eigenvalue weighted by Crippen LogP contribution is 2.25. The summed E-state index contributed by atoms with van der Waals surface area (Å²) < 4.78 is 1.96. The fourth-order valence-corrected chi connectivity index (χ4v) is 1.88. The molecule has 0 N–H and O–H groups in total. The fourth-order valence-electron chi connectivity index (χ4n) is 1.36. The van der Waals surface area contributed by atoms with E-state index in [1.807, 2.05) is 41.1 Å². The summed E-state index contributed by atoms with van der Waals surface area (Å²) in [6.07, 6.45) is 9.33. The third kappa shape index (κ3) is 2.65. The molecule has 2 aromatic rings. The van der Waals surface area contributed by atoms with Crippen molar-refractivity contribution in [2.75, 3.05) is 0 Å². The fraction of sp³-hybridized carbons (Fsp3) is 0.0833. The van der Waals surface area contributed by atoms with E-state index in [1.165, 1.54) is 0 Å². The Morgan fingerprint density at radius 1 is 1.25 bits per heavy atom. The Kier molecular flexibility index (Phi) is 3.65. The molecule has 1 heterocycles. The molecule has 0 radical (unpaired) electrons. The van der Waals surface area contributed by atoms with Gasteiger partial charge in [-0.05, 0) is 12.1 Å². The summed E-state index contributed by atoms with van der Waals surface area (Å²) in [4.78, 5) is 3.96. The van der Waals surface area contributed by atoms with Gasteiger partial charge >= 0.3 is 0 Å². The topological polar surface area (TPSA) is 17.8 Å². The van der Waals surface area contributed by atoms with E-state index in [4.69, 9.17) is 23.2 Å². The number of benzene rings is 1. The van der Waals surface area contributed by atoms with Gasteiger partial charge in [-0.2, -0.15) is 0 Å². The maximum atomic E-state index is 6.04. The molecule has 0 aliphatic carbocycles. The molecule has 1 aromatic heterocycles. The molecule has 16 heavy (non-hydrogen) atoms. The second-order valence-electron chi connectivity index (χ2n) is 3.30. The van der Waals surface area contributed by atoms with Crippen LogP contribution in [-0.2, 0) is 6.54 Å². The first-order valence-electron chi connectivity index (χ1n) is 4.83. The van der Waals surface area contributed by atoms with Crippen molar-refractivity contribution in [1.82, 2.24) is 9.55 Å². The quantitative estimate of drug-likeness (QED) is 0.811. The highest BCUT2D eigenvalue weighted by atomic mass is 35.5. The van der Waals surface area contributed by atoms with Gasteiger partial charge in [0.2, 0.25) is 0 Å². The van der Waals surface area contributed by atoms with E-state index in [1.54, 1.807) is 12.5 Å². The Hall–Kier alpha value is -1.25. The van der Waals surface area contributed by atoms with Crippen molar-refractivity contribution >= 4 is 29.3 Å². The first-order valence-corrected chi connectivity index (χ1v) is 5.59. The Balaban J connectivity index is 2.12. The van der Waals surface area contributed by atoms with Gasteiger partial charge in [-0.25, -0.2) is 4.98 Å². The molecule has 0 aliphatic heterocycles. The van der Waals surface area contributed by atoms with Gasteiger partial charge in [-0.3, -0.25) is 0 Å². The van der Waals surface area contributed by atoms with Gasteiger partial charge in [-0.1, -0.05) is 41.4 Å². The minimum absolute atomic E-state index is 0.661. The highest BCUT2D eigenvalue weighted by Gasteiger charge is 2.00. The summed E-state index contributed by atoms with van der Waals surface area (Å²) in [5.41, 5.74) is 0.853. The maximum Gasteiger partial charge on any atom is 0.0948 e. The summed E-state index contributed by atoms with van der Waals surface area (Å²) in [6, 6.07) is 5.48. The van der Waals surface area contributed by atoms with Gasteiger partial charge in [0.1, 0.15) is 0 Å². The van der Waals surface area contributed by atoms with Crippen LogP contribution in [0.15, 0.2) is 43.0 Å². The molecule has 82 valence electrons. The van der Waals surface area contributed by atoms with Crippen molar-refractivity contribution in [3.8, 4) is 0 Å². The molecule has 4 heteroatoms. The van der Waals surface area contributed by atoms with Crippen LogP contribution in [0.25, 0.3) is 6.08 Å².